The van der Waals surface area contributed by atoms with Gasteiger partial charge in [-0.15, -0.1) is 0 Å². The Morgan fingerprint density at radius 3 is 2.25 bits per heavy atom. The molecule has 1 aromatic heterocycles. The third kappa shape index (κ3) is 3.96. The van der Waals surface area contributed by atoms with E-state index in [1.165, 1.54) is 16.7 Å². The second-order valence-electron chi connectivity index (χ2n) is 10.0. The van der Waals surface area contributed by atoms with Crippen LogP contribution in [-0.2, 0) is 20.6 Å². The number of nitrogens with zero attached hydrogens (tertiary/aromatic N) is 4. The number of hydrogen-bond donors (Lipinski definition) is 1. The summed E-state index contributed by atoms with van der Waals surface area (Å²) in [4.78, 5) is 15.3. The van der Waals surface area contributed by atoms with Crippen molar-refractivity contribution < 1.29 is 0 Å². The highest BCUT2D eigenvalue weighted by Crippen LogP contribution is 2.42. The fraction of sp³-hybridized carbons (Fsp3) is 0.300. The van der Waals surface area contributed by atoms with Crippen LogP contribution in [0.4, 0.5) is 0 Å². The molecule has 3 aromatic carbocycles. The molecule has 1 N–H and O–H groups in total. The van der Waals surface area contributed by atoms with Gasteiger partial charge in [-0.1, -0.05) is 72.8 Å². The predicted molar refractivity (Wildman–Crippen MR) is 145 cm³/mol. The van der Waals surface area contributed by atoms with E-state index in [9.17, 15) is 4.79 Å². The Bertz CT molecular complexity index is 1450. The summed E-state index contributed by atoms with van der Waals surface area (Å²) in [5.74, 6) is 0. The highest BCUT2D eigenvalue weighted by Gasteiger charge is 2.37. The number of likely N-dealkylation sites (tertiary alicyclic amines) is 1. The van der Waals surface area contributed by atoms with Crippen molar-refractivity contribution in [3.05, 3.63) is 112 Å². The molecule has 0 bridgehead atoms. The monoisotopic (exact) mass is 479 g/mol. The van der Waals surface area contributed by atoms with E-state index in [1.54, 1.807) is 9.13 Å². The largest absolute Gasteiger partial charge is 0.328 e. The first-order valence-electron chi connectivity index (χ1n) is 12.8. The number of hydrazine groups is 1. The van der Waals surface area contributed by atoms with E-state index in [2.05, 4.69) is 94.3 Å². The van der Waals surface area contributed by atoms with E-state index in [-0.39, 0.29) is 11.7 Å². The van der Waals surface area contributed by atoms with Gasteiger partial charge in [0.1, 0.15) is 0 Å². The smallest absolute Gasteiger partial charge is 0.325 e. The van der Waals surface area contributed by atoms with Gasteiger partial charge >= 0.3 is 5.69 Å². The first-order chi connectivity index (χ1) is 17.6. The summed E-state index contributed by atoms with van der Waals surface area (Å²) in [5.41, 5.74) is 10.6. The van der Waals surface area contributed by atoms with Crippen molar-refractivity contribution in [1.82, 2.24) is 24.5 Å². The molecule has 4 aromatic rings. The van der Waals surface area contributed by atoms with Crippen molar-refractivity contribution in [3.8, 4) is 0 Å². The van der Waals surface area contributed by atoms with Crippen LogP contribution >= 0.6 is 0 Å². The van der Waals surface area contributed by atoms with Gasteiger partial charge in [0.15, 0.2) is 0 Å². The molecule has 6 heteroatoms. The molecule has 0 aliphatic carbocycles. The van der Waals surface area contributed by atoms with E-state index in [4.69, 9.17) is 0 Å². The molecule has 0 radical (unpaired) electrons. The van der Waals surface area contributed by atoms with Crippen molar-refractivity contribution in [2.45, 2.75) is 31.5 Å². The van der Waals surface area contributed by atoms with Gasteiger partial charge in [0.25, 0.3) is 0 Å². The average molecular weight is 480 g/mol. The third-order valence-corrected chi connectivity index (χ3v) is 7.85. The minimum absolute atomic E-state index is 0.00270. The summed E-state index contributed by atoms with van der Waals surface area (Å²) in [6.07, 6.45) is 4.37. The molecule has 36 heavy (non-hydrogen) atoms. The number of fused-ring (bicyclic) bond motifs is 1. The van der Waals surface area contributed by atoms with E-state index >= 15 is 0 Å². The van der Waals surface area contributed by atoms with E-state index in [0.29, 0.717) is 6.04 Å². The normalized spacial score (nSPS) is 19.5. The first-order valence-corrected chi connectivity index (χ1v) is 12.8. The van der Waals surface area contributed by atoms with Crippen LogP contribution in [0.15, 0.2) is 89.9 Å². The van der Waals surface area contributed by atoms with E-state index in [1.807, 2.05) is 20.2 Å². The Morgan fingerprint density at radius 2 is 1.53 bits per heavy atom. The number of para-hydroxylation sites is 1. The molecule has 1 unspecified atom stereocenters. The summed E-state index contributed by atoms with van der Waals surface area (Å²) in [5, 5.41) is 2.45. The van der Waals surface area contributed by atoms with Crippen LogP contribution < -0.4 is 11.1 Å². The molecule has 1 fully saturated rings. The highest BCUT2D eigenvalue weighted by molar-refractivity contribution is 5.91. The molecule has 0 amide bonds. The molecular weight excluding hydrogens is 446 g/mol. The average Bonchev–Trinajstić information content (AvgIpc) is 3.46. The van der Waals surface area contributed by atoms with Gasteiger partial charge in [-0.3, -0.25) is 14.0 Å². The van der Waals surface area contributed by atoms with Crippen molar-refractivity contribution >= 4 is 16.6 Å². The molecule has 184 valence electrons. The van der Waals surface area contributed by atoms with Crippen LogP contribution in [0, 0.1) is 0 Å². The second-order valence-corrected chi connectivity index (χ2v) is 10.0. The van der Waals surface area contributed by atoms with E-state index in [0.717, 1.165) is 49.1 Å². The highest BCUT2D eigenvalue weighted by atomic mass is 16.1. The topological polar surface area (TPSA) is 45.4 Å². The minimum Gasteiger partial charge on any atom is -0.325 e. The van der Waals surface area contributed by atoms with Crippen molar-refractivity contribution in [3.63, 3.8) is 0 Å². The number of imidazole rings is 1. The number of rotatable bonds is 5. The van der Waals surface area contributed by atoms with Gasteiger partial charge in [-0.2, -0.15) is 0 Å². The molecule has 0 saturated carbocycles. The second kappa shape index (κ2) is 9.45. The van der Waals surface area contributed by atoms with Crippen LogP contribution in [0.2, 0.25) is 0 Å². The SMILES string of the molecule is Cn1c(=O)n(C)c2c(C3=CNN(C4CCN(Cc5ccccc5)CC4)C3c3ccccc3)cccc21. The number of benzene rings is 3. The van der Waals surface area contributed by atoms with Crippen molar-refractivity contribution in [1.29, 1.82) is 0 Å². The maximum Gasteiger partial charge on any atom is 0.328 e. The summed E-state index contributed by atoms with van der Waals surface area (Å²) in [6, 6.07) is 28.2. The van der Waals surface area contributed by atoms with Crippen molar-refractivity contribution in [2.24, 2.45) is 14.1 Å². The molecule has 1 saturated heterocycles. The van der Waals surface area contributed by atoms with Crippen LogP contribution in [-0.4, -0.2) is 38.2 Å². The summed E-state index contributed by atoms with van der Waals surface area (Å²) < 4.78 is 3.51. The molecule has 6 rings (SSSR count). The van der Waals surface area contributed by atoms with E-state index < -0.39 is 0 Å². The third-order valence-electron chi connectivity index (χ3n) is 7.85. The lowest BCUT2D eigenvalue weighted by Gasteiger charge is -2.40. The Labute approximate surface area is 212 Å². The fourth-order valence-electron chi connectivity index (χ4n) is 5.97. The Kier molecular flexibility index (Phi) is 5.99. The maximum absolute atomic E-state index is 12.8. The van der Waals surface area contributed by atoms with Crippen LogP contribution in [0.5, 0.6) is 0 Å². The van der Waals surface area contributed by atoms with Gasteiger partial charge < -0.3 is 5.43 Å². The number of hydrogen-bond acceptors (Lipinski definition) is 4. The quantitative estimate of drug-likeness (QED) is 0.460. The standard InChI is InChI=1S/C30H33N5O/c1-32-27-15-9-14-25(29(27)33(2)30(32)36)26-20-31-35(28(26)23-12-7-4-8-13-23)24-16-18-34(19-17-24)21-22-10-5-3-6-11-22/h3-15,20,24,28,31H,16-19,21H2,1-2H3. The zero-order valence-electron chi connectivity index (χ0n) is 21.0. The Hall–Kier alpha value is -3.61. The van der Waals surface area contributed by atoms with Gasteiger partial charge in [0.2, 0.25) is 0 Å². The van der Waals surface area contributed by atoms with Gasteiger partial charge in [0, 0.05) is 57.1 Å². The maximum atomic E-state index is 12.8. The van der Waals surface area contributed by atoms with Crippen LogP contribution in [0.25, 0.3) is 16.6 Å². The molecule has 3 heterocycles. The summed E-state index contributed by atoms with van der Waals surface area (Å²) in [6.45, 7) is 3.17. The summed E-state index contributed by atoms with van der Waals surface area (Å²) in [7, 11) is 3.72. The predicted octanol–water partition coefficient (Wildman–Crippen LogP) is 4.44. The molecule has 0 spiro atoms. The molecule has 1 atom stereocenters. The van der Waals surface area contributed by atoms with Crippen molar-refractivity contribution in [2.75, 3.05) is 13.1 Å². The molecule has 2 aliphatic heterocycles. The van der Waals surface area contributed by atoms with Gasteiger partial charge in [-0.25, -0.2) is 9.80 Å². The van der Waals surface area contributed by atoms with Gasteiger partial charge in [-0.05, 0) is 30.0 Å². The zero-order valence-corrected chi connectivity index (χ0v) is 21.0. The lowest BCUT2D eigenvalue weighted by molar-refractivity contribution is 0.0689. The fourth-order valence-corrected chi connectivity index (χ4v) is 5.97. The summed E-state index contributed by atoms with van der Waals surface area (Å²) >= 11 is 0. The molecule has 2 aliphatic rings. The lowest BCUT2D eigenvalue weighted by atomic mass is 9.91. The number of aromatic nitrogens is 2. The van der Waals surface area contributed by atoms with Crippen LogP contribution in [0.1, 0.15) is 35.6 Å². The zero-order chi connectivity index (χ0) is 24.6. The Balaban J connectivity index is 1.30. The lowest BCUT2D eigenvalue weighted by Crippen LogP contribution is -2.48. The van der Waals surface area contributed by atoms with Crippen LogP contribution in [0.3, 0.4) is 0 Å². The molecule has 6 nitrogen and oxygen atoms in total. The minimum atomic E-state index is 0.00270. The first kappa shape index (κ1) is 22.8. The Morgan fingerprint density at radius 1 is 0.833 bits per heavy atom. The number of nitrogens with one attached hydrogen (secondary N) is 1. The molecular formula is C30H33N5O. The number of aryl methyl sites for hydroxylation is 2. The van der Waals surface area contributed by atoms with Gasteiger partial charge in [0.05, 0.1) is 17.1 Å². The number of piperidine rings is 1.